The Bertz CT molecular complexity index is 352. The van der Waals surface area contributed by atoms with Crippen LogP contribution in [0.15, 0.2) is 18.5 Å². The van der Waals surface area contributed by atoms with Gasteiger partial charge in [0.1, 0.15) is 5.78 Å². The highest BCUT2D eigenvalue weighted by Crippen LogP contribution is 2.34. The van der Waals surface area contributed by atoms with Crippen molar-refractivity contribution in [2.45, 2.75) is 31.6 Å². The predicted molar refractivity (Wildman–Crippen MR) is 60.0 cm³/mol. The number of Topliss-reactive ketones (excluding diaryl/α,β-unsaturated/α-hetero) is 1. The minimum atomic E-state index is 0.409. The summed E-state index contributed by atoms with van der Waals surface area (Å²) in [6.07, 6.45) is 7.11. The van der Waals surface area contributed by atoms with Crippen molar-refractivity contribution < 1.29 is 4.79 Å². The average molecular weight is 204 g/mol. The molecule has 1 saturated carbocycles. The van der Waals surface area contributed by atoms with E-state index in [0.717, 1.165) is 31.4 Å². The third kappa shape index (κ3) is 2.17. The first kappa shape index (κ1) is 10.1. The second kappa shape index (κ2) is 4.43. The number of hydrogen-bond donors (Lipinski definition) is 1. The number of carbonyl (C=O) groups is 1. The molecule has 0 unspecified atom stereocenters. The Hall–Kier alpha value is -1.38. The summed E-state index contributed by atoms with van der Waals surface area (Å²) in [6, 6.07) is 2.06. The van der Waals surface area contributed by atoms with Gasteiger partial charge in [0.05, 0.1) is 11.9 Å². The van der Waals surface area contributed by atoms with Crippen molar-refractivity contribution in [3.05, 3.63) is 24.0 Å². The third-order valence-corrected chi connectivity index (χ3v) is 3.11. The molecule has 1 aromatic rings. The summed E-state index contributed by atoms with van der Waals surface area (Å²) in [4.78, 5) is 15.3. The second-order valence-electron chi connectivity index (χ2n) is 4.03. The molecule has 0 bridgehead atoms. The van der Waals surface area contributed by atoms with Gasteiger partial charge in [-0.1, -0.05) is 0 Å². The van der Waals surface area contributed by atoms with E-state index in [1.807, 2.05) is 19.4 Å². The van der Waals surface area contributed by atoms with Gasteiger partial charge in [-0.2, -0.15) is 0 Å². The Morgan fingerprint density at radius 3 is 2.80 bits per heavy atom. The topological polar surface area (TPSA) is 42.0 Å². The molecule has 0 aliphatic heterocycles. The Morgan fingerprint density at radius 1 is 1.40 bits per heavy atom. The van der Waals surface area contributed by atoms with E-state index in [-0.39, 0.29) is 0 Å². The van der Waals surface area contributed by atoms with Crippen molar-refractivity contribution >= 4 is 11.5 Å². The molecule has 3 nitrogen and oxygen atoms in total. The normalized spacial score (nSPS) is 17.8. The largest absolute Gasteiger partial charge is 0.387 e. The van der Waals surface area contributed by atoms with Gasteiger partial charge >= 0.3 is 0 Å². The maximum absolute atomic E-state index is 11.2. The molecule has 3 heteroatoms. The molecule has 1 fully saturated rings. The lowest BCUT2D eigenvalue weighted by Gasteiger charge is -2.23. The summed E-state index contributed by atoms with van der Waals surface area (Å²) >= 11 is 0. The van der Waals surface area contributed by atoms with Crippen LogP contribution in [0.5, 0.6) is 0 Å². The van der Waals surface area contributed by atoms with Gasteiger partial charge in [-0.3, -0.25) is 9.78 Å². The maximum atomic E-state index is 11.2. The van der Waals surface area contributed by atoms with Gasteiger partial charge in [0.2, 0.25) is 0 Å². The van der Waals surface area contributed by atoms with Crippen LogP contribution in [-0.2, 0) is 4.79 Å². The summed E-state index contributed by atoms with van der Waals surface area (Å²) < 4.78 is 0. The summed E-state index contributed by atoms with van der Waals surface area (Å²) in [5.74, 6) is 0.930. The van der Waals surface area contributed by atoms with Gasteiger partial charge in [-0.15, -0.1) is 0 Å². The van der Waals surface area contributed by atoms with E-state index < -0.39 is 0 Å². The molecule has 80 valence electrons. The molecular weight excluding hydrogens is 188 g/mol. The number of hydrogen-bond acceptors (Lipinski definition) is 3. The Kier molecular flexibility index (Phi) is 2.99. The van der Waals surface area contributed by atoms with Gasteiger partial charge < -0.3 is 5.32 Å². The van der Waals surface area contributed by atoms with Crippen LogP contribution in [0.3, 0.4) is 0 Å². The van der Waals surface area contributed by atoms with Gasteiger partial charge in [0.25, 0.3) is 0 Å². The van der Waals surface area contributed by atoms with E-state index >= 15 is 0 Å². The molecule has 2 rings (SSSR count). The highest BCUT2D eigenvalue weighted by atomic mass is 16.1. The zero-order valence-corrected chi connectivity index (χ0v) is 8.99. The van der Waals surface area contributed by atoms with Crippen LogP contribution in [0.4, 0.5) is 5.69 Å². The lowest BCUT2D eigenvalue weighted by atomic mass is 9.83. The fourth-order valence-corrected chi connectivity index (χ4v) is 2.22. The SMILES string of the molecule is CNc1cnccc1C1CCC(=O)CC1. The fraction of sp³-hybridized carbons (Fsp3) is 0.500. The first-order valence-corrected chi connectivity index (χ1v) is 5.44. The number of pyridine rings is 1. The summed E-state index contributed by atoms with van der Waals surface area (Å²) in [5, 5.41) is 3.16. The lowest BCUT2D eigenvalue weighted by molar-refractivity contribution is -0.120. The van der Waals surface area contributed by atoms with Crippen molar-refractivity contribution in [2.75, 3.05) is 12.4 Å². The molecule has 0 spiro atoms. The Labute approximate surface area is 89.9 Å². The van der Waals surface area contributed by atoms with Crippen LogP contribution in [0.2, 0.25) is 0 Å². The van der Waals surface area contributed by atoms with E-state index in [1.165, 1.54) is 5.56 Å². The minimum Gasteiger partial charge on any atom is -0.387 e. The molecule has 1 aliphatic rings. The molecule has 1 aliphatic carbocycles. The van der Waals surface area contributed by atoms with Crippen LogP contribution >= 0.6 is 0 Å². The Balaban J connectivity index is 2.18. The molecule has 0 aromatic carbocycles. The van der Waals surface area contributed by atoms with E-state index in [9.17, 15) is 4.79 Å². The highest BCUT2D eigenvalue weighted by Gasteiger charge is 2.21. The monoisotopic (exact) mass is 204 g/mol. The third-order valence-electron chi connectivity index (χ3n) is 3.11. The molecule has 0 saturated heterocycles. The highest BCUT2D eigenvalue weighted by molar-refractivity contribution is 5.79. The quantitative estimate of drug-likeness (QED) is 0.804. The van der Waals surface area contributed by atoms with E-state index in [0.29, 0.717) is 11.7 Å². The number of nitrogens with zero attached hydrogens (tertiary/aromatic N) is 1. The number of aromatic nitrogens is 1. The molecule has 0 radical (unpaired) electrons. The number of ketones is 1. The van der Waals surface area contributed by atoms with Crippen LogP contribution < -0.4 is 5.32 Å². The summed E-state index contributed by atoms with van der Waals surface area (Å²) in [7, 11) is 1.91. The van der Waals surface area contributed by atoms with Crippen molar-refractivity contribution in [2.24, 2.45) is 0 Å². The fourth-order valence-electron chi connectivity index (χ4n) is 2.22. The average Bonchev–Trinajstić information content (AvgIpc) is 2.30. The number of rotatable bonds is 2. The summed E-state index contributed by atoms with van der Waals surface area (Å²) in [6.45, 7) is 0. The zero-order chi connectivity index (χ0) is 10.7. The molecule has 15 heavy (non-hydrogen) atoms. The first-order valence-electron chi connectivity index (χ1n) is 5.44. The predicted octanol–water partition coefficient (Wildman–Crippen LogP) is 2.35. The number of carbonyl (C=O) groups excluding carboxylic acids is 1. The van der Waals surface area contributed by atoms with E-state index in [2.05, 4.69) is 16.4 Å². The van der Waals surface area contributed by atoms with Crippen LogP contribution in [0, 0.1) is 0 Å². The van der Waals surface area contributed by atoms with Crippen molar-refractivity contribution in [1.82, 2.24) is 4.98 Å². The first-order chi connectivity index (χ1) is 7.31. The minimum absolute atomic E-state index is 0.409. The van der Waals surface area contributed by atoms with Gasteiger partial charge in [0.15, 0.2) is 0 Å². The van der Waals surface area contributed by atoms with Crippen molar-refractivity contribution in [3.8, 4) is 0 Å². The number of anilines is 1. The second-order valence-corrected chi connectivity index (χ2v) is 4.03. The lowest BCUT2D eigenvalue weighted by Crippen LogP contribution is -2.13. The molecule has 1 aromatic heterocycles. The van der Waals surface area contributed by atoms with Gasteiger partial charge in [-0.25, -0.2) is 0 Å². The van der Waals surface area contributed by atoms with E-state index in [1.54, 1.807) is 0 Å². The zero-order valence-electron chi connectivity index (χ0n) is 8.99. The molecule has 0 atom stereocenters. The molecule has 1 heterocycles. The number of nitrogens with one attached hydrogen (secondary N) is 1. The van der Waals surface area contributed by atoms with Crippen LogP contribution in [0.25, 0.3) is 0 Å². The smallest absolute Gasteiger partial charge is 0.132 e. The molecule has 0 amide bonds. The van der Waals surface area contributed by atoms with Gasteiger partial charge in [0, 0.05) is 26.1 Å². The Morgan fingerprint density at radius 2 is 2.13 bits per heavy atom. The van der Waals surface area contributed by atoms with Crippen molar-refractivity contribution in [1.29, 1.82) is 0 Å². The van der Waals surface area contributed by atoms with Crippen LogP contribution in [0.1, 0.15) is 37.2 Å². The van der Waals surface area contributed by atoms with E-state index in [4.69, 9.17) is 0 Å². The van der Waals surface area contributed by atoms with Crippen LogP contribution in [-0.4, -0.2) is 17.8 Å². The molecule has 1 N–H and O–H groups in total. The van der Waals surface area contributed by atoms with Gasteiger partial charge in [-0.05, 0) is 30.4 Å². The van der Waals surface area contributed by atoms with Crippen molar-refractivity contribution in [3.63, 3.8) is 0 Å². The summed E-state index contributed by atoms with van der Waals surface area (Å²) in [5.41, 5.74) is 2.40. The molecular formula is C12H16N2O. The maximum Gasteiger partial charge on any atom is 0.132 e. The standard InChI is InChI=1S/C12H16N2O/c1-13-12-8-14-7-6-11(12)9-2-4-10(15)5-3-9/h6-9,13H,2-5H2,1H3.